The maximum Gasteiger partial charge on any atom is 0.236 e. The van der Waals surface area contributed by atoms with E-state index in [0.717, 1.165) is 6.54 Å². The zero-order chi connectivity index (χ0) is 12.0. The van der Waals surface area contributed by atoms with E-state index in [1.165, 1.54) is 0 Å². The third-order valence-electron chi connectivity index (χ3n) is 2.21. The molecule has 4 nitrogen and oxygen atoms in total. The third kappa shape index (κ3) is 6.41. The fraction of sp³-hybridized carbons (Fsp3) is 0.800. The van der Waals surface area contributed by atoms with Crippen LogP contribution < -0.4 is 5.73 Å². The van der Waals surface area contributed by atoms with Gasteiger partial charge in [-0.1, -0.05) is 12.2 Å². The monoisotopic (exact) mass is 231 g/mol. The Morgan fingerprint density at radius 1 is 1.40 bits per heavy atom. The summed E-state index contributed by atoms with van der Waals surface area (Å²) in [6, 6.07) is 0.322. The number of rotatable bonds is 6. The first kappa shape index (κ1) is 14.3. The van der Waals surface area contributed by atoms with E-state index >= 15 is 0 Å². The Hall–Kier alpha value is -0.680. The van der Waals surface area contributed by atoms with Gasteiger partial charge in [0.05, 0.1) is 11.5 Å². The second-order valence-corrected chi connectivity index (χ2v) is 4.59. The van der Waals surface area contributed by atoms with Crippen LogP contribution in [0.1, 0.15) is 20.3 Å². The molecule has 0 aliphatic carbocycles. The zero-order valence-electron chi connectivity index (χ0n) is 9.99. The van der Waals surface area contributed by atoms with E-state index in [2.05, 4.69) is 18.7 Å². The first-order chi connectivity index (χ1) is 6.84. The fourth-order valence-corrected chi connectivity index (χ4v) is 1.18. The molecule has 1 amide bonds. The third-order valence-corrected chi connectivity index (χ3v) is 2.42. The molecule has 5 heteroatoms. The minimum Gasteiger partial charge on any atom is -0.393 e. The predicted octanol–water partition coefficient (Wildman–Crippen LogP) is 0.461. The van der Waals surface area contributed by atoms with Gasteiger partial charge in [0.2, 0.25) is 5.91 Å². The van der Waals surface area contributed by atoms with Crippen LogP contribution in [0.5, 0.6) is 0 Å². The van der Waals surface area contributed by atoms with Crippen molar-refractivity contribution in [2.45, 2.75) is 26.3 Å². The zero-order valence-corrected chi connectivity index (χ0v) is 10.8. The van der Waals surface area contributed by atoms with Crippen LogP contribution in [0, 0.1) is 0 Å². The van der Waals surface area contributed by atoms with E-state index in [4.69, 9.17) is 18.0 Å². The van der Waals surface area contributed by atoms with Gasteiger partial charge in [-0.05, 0) is 13.8 Å². The molecule has 15 heavy (non-hydrogen) atoms. The number of thiocarbonyl (C=S) groups is 1. The Labute approximate surface area is 97.4 Å². The molecule has 0 saturated heterocycles. The molecule has 0 radical (unpaired) electrons. The molecule has 88 valence electrons. The van der Waals surface area contributed by atoms with Gasteiger partial charge in [-0.25, -0.2) is 0 Å². The SMILES string of the molecule is CC(C)N(CCC(N)=S)CC(=O)N(C)C. The van der Waals surface area contributed by atoms with Crippen LogP contribution in [0.2, 0.25) is 0 Å². The van der Waals surface area contributed by atoms with Crippen LogP contribution in [-0.2, 0) is 4.79 Å². The largest absolute Gasteiger partial charge is 0.393 e. The van der Waals surface area contributed by atoms with Crippen molar-refractivity contribution in [3.05, 3.63) is 0 Å². The van der Waals surface area contributed by atoms with Gasteiger partial charge < -0.3 is 10.6 Å². The second kappa shape index (κ2) is 6.74. The molecule has 0 aromatic heterocycles. The molecule has 2 N–H and O–H groups in total. The van der Waals surface area contributed by atoms with Gasteiger partial charge in [-0.3, -0.25) is 9.69 Å². The molecule has 0 heterocycles. The smallest absolute Gasteiger partial charge is 0.236 e. The summed E-state index contributed by atoms with van der Waals surface area (Å²) in [5.74, 6) is 0.103. The van der Waals surface area contributed by atoms with Crippen molar-refractivity contribution in [2.75, 3.05) is 27.2 Å². The van der Waals surface area contributed by atoms with Gasteiger partial charge in [-0.2, -0.15) is 0 Å². The van der Waals surface area contributed by atoms with Crippen molar-refractivity contribution in [1.82, 2.24) is 9.80 Å². The van der Waals surface area contributed by atoms with Crippen molar-refractivity contribution in [2.24, 2.45) is 5.73 Å². The molecule has 0 unspecified atom stereocenters. The van der Waals surface area contributed by atoms with Gasteiger partial charge in [0.1, 0.15) is 0 Å². The Morgan fingerprint density at radius 2 is 1.93 bits per heavy atom. The molecule has 0 bridgehead atoms. The minimum absolute atomic E-state index is 0.103. The summed E-state index contributed by atoms with van der Waals surface area (Å²) in [7, 11) is 3.52. The van der Waals surface area contributed by atoms with Crippen LogP contribution in [0.25, 0.3) is 0 Å². The van der Waals surface area contributed by atoms with Gasteiger partial charge >= 0.3 is 0 Å². The van der Waals surface area contributed by atoms with Crippen LogP contribution in [-0.4, -0.2) is 53.9 Å². The maximum atomic E-state index is 11.5. The number of amides is 1. The molecular formula is C10H21N3OS. The quantitative estimate of drug-likeness (QED) is 0.675. The van der Waals surface area contributed by atoms with E-state index in [-0.39, 0.29) is 5.91 Å². The van der Waals surface area contributed by atoms with Crippen molar-refractivity contribution < 1.29 is 4.79 Å². The molecule has 0 saturated carbocycles. The minimum atomic E-state index is 0.103. The lowest BCUT2D eigenvalue weighted by molar-refractivity contribution is -0.130. The molecule has 0 aromatic rings. The molecule has 0 aromatic carbocycles. The number of likely N-dealkylation sites (N-methyl/N-ethyl adjacent to an activating group) is 1. The highest BCUT2D eigenvalue weighted by atomic mass is 32.1. The highest BCUT2D eigenvalue weighted by molar-refractivity contribution is 7.80. The van der Waals surface area contributed by atoms with Gasteiger partial charge in [0.15, 0.2) is 0 Å². The molecule has 0 spiro atoms. The lowest BCUT2D eigenvalue weighted by atomic mass is 10.2. The van der Waals surface area contributed by atoms with E-state index in [1.54, 1.807) is 19.0 Å². The number of nitrogens with zero attached hydrogens (tertiary/aromatic N) is 2. The average Bonchev–Trinajstić information content (AvgIpc) is 2.10. The highest BCUT2D eigenvalue weighted by Crippen LogP contribution is 2.00. The number of hydrogen-bond acceptors (Lipinski definition) is 3. The van der Waals surface area contributed by atoms with Crippen LogP contribution in [0.4, 0.5) is 0 Å². The Kier molecular flexibility index (Phi) is 6.43. The lowest BCUT2D eigenvalue weighted by Crippen LogP contribution is -2.41. The first-order valence-corrected chi connectivity index (χ1v) is 5.48. The molecule has 0 aliphatic rings. The molecular weight excluding hydrogens is 210 g/mol. The van der Waals surface area contributed by atoms with Crippen molar-refractivity contribution in [3.63, 3.8) is 0 Å². The van der Waals surface area contributed by atoms with E-state index in [9.17, 15) is 4.79 Å². The van der Waals surface area contributed by atoms with E-state index in [1.807, 2.05) is 0 Å². The summed E-state index contributed by atoms with van der Waals surface area (Å²) in [6.07, 6.45) is 0.661. The Morgan fingerprint density at radius 3 is 2.27 bits per heavy atom. The molecule has 0 rings (SSSR count). The normalized spacial score (nSPS) is 10.8. The van der Waals surface area contributed by atoms with Crippen molar-refractivity contribution in [3.8, 4) is 0 Å². The number of carbonyl (C=O) groups is 1. The molecule has 0 aliphatic heterocycles. The maximum absolute atomic E-state index is 11.5. The number of nitrogens with two attached hydrogens (primary N) is 1. The predicted molar refractivity (Wildman–Crippen MR) is 66.8 cm³/mol. The molecule has 0 atom stereocenters. The summed E-state index contributed by atoms with van der Waals surface area (Å²) >= 11 is 4.82. The van der Waals surface area contributed by atoms with Crippen molar-refractivity contribution in [1.29, 1.82) is 0 Å². The number of hydrogen-bond donors (Lipinski definition) is 1. The van der Waals surface area contributed by atoms with E-state index < -0.39 is 0 Å². The van der Waals surface area contributed by atoms with Crippen LogP contribution >= 0.6 is 12.2 Å². The second-order valence-electron chi connectivity index (χ2n) is 4.07. The fourth-order valence-electron chi connectivity index (χ4n) is 1.09. The summed E-state index contributed by atoms with van der Waals surface area (Å²) < 4.78 is 0. The van der Waals surface area contributed by atoms with Crippen molar-refractivity contribution >= 4 is 23.1 Å². The molecule has 0 fully saturated rings. The average molecular weight is 231 g/mol. The Balaban J connectivity index is 4.16. The van der Waals surface area contributed by atoms with Crippen LogP contribution in [0.15, 0.2) is 0 Å². The summed E-state index contributed by atoms with van der Waals surface area (Å²) in [6.45, 7) is 5.28. The summed E-state index contributed by atoms with van der Waals surface area (Å²) in [5, 5.41) is 0. The number of carbonyl (C=O) groups excluding carboxylic acids is 1. The van der Waals surface area contributed by atoms with Crippen LogP contribution in [0.3, 0.4) is 0 Å². The highest BCUT2D eigenvalue weighted by Gasteiger charge is 2.14. The summed E-state index contributed by atoms with van der Waals surface area (Å²) in [5.41, 5.74) is 5.44. The van der Waals surface area contributed by atoms with E-state index in [0.29, 0.717) is 24.0 Å². The lowest BCUT2D eigenvalue weighted by Gasteiger charge is -2.26. The van der Waals surface area contributed by atoms with Gasteiger partial charge in [0, 0.05) is 33.1 Å². The van der Waals surface area contributed by atoms with Gasteiger partial charge in [-0.15, -0.1) is 0 Å². The van der Waals surface area contributed by atoms with Gasteiger partial charge in [0.25, 0.3) is 0 Å². The Bertz CT molecular complexity index is 229. The summed E-state index contributed by atoms with van der Waals surface area (Å²) in [4.78, 5) is 15.7. The standard InChI is InChI=1S/C10H21N3OS/c1-8(2)13(6-5-9(11)15)7-10(14)12(3)4/h8H,5-7H2,1-4H3,(H2,11,15). The first-order valence-electron chi connectivity index (χ1n) is 5.07. The topological polar surface area (TPSA) is 49.6 Å².